The van der Waals surface area contributed by atoms with Crippen molar-refractivity contribution in [2.45, 2.75) is 33.3 Å². The first-order chi connectivity index (χ1) is 12.5. The Bertz CT molecular complexity index is 791. The van der Waals surface area contributed by atoms with Gasteiger partial charge in [0, 0.05) is 5.69 Å². The van der Waals surface area contributed by atoms with Crippen molar-refractivity contribution in [3.8, 4) is 5.75 Å². The van der Waals surface area contributed by atoms with Crippen LogP contribution in [0.15, 0.2) is 42.5 Å². The van der Waals surface area contributed by atoms with Gasteiger partial charge in [-0.25, -0.2) is 4.79 Å². The van der Waals surface area contributed by atoms with Gasteiger partial charge in [0.05, 0.1) is 17.2 Å². The molecule has 1 N–H and O–H groups in total. The van der Waals surface area contributed by atoms with Crippen molar-refractivity contribution in [3.05, 3.63) is 58.6 Å². The summed E-state index contributed by atoms with van der Waals surface area (Å²) in [6.07, 6.45) is -0.156. The summed E-state index contributed by atoms with van der Waals surface area (Å²) in [6, 6.07) is 12.2. The van der Waals surface area contributed by atoms with E-state index in [9.17, 15) is 9.59 Å². The highest BCUT2D eigenvalue weighted by molar-refractivity contribution is 6.33. The molecule has 0 fully saturated rings. The second-order valence-electron chi connectivity index (χ2n) is 5.68. The lowest BCUT2D eigenvalue weighted by atomic mass is 10.1. The van der Waals surface area contributed by atoms with Gasteiger partial charge in [-0.3, -0.25) is 4.79 Å². The molecular weight excluding hydrogens is 354 g/mol. The minimum absolute atomic E-state index is 0.208. The minimum Gasteiger partial charge on any atom is -0.480 e. The first-order valence-corrected chi connectivity index (χ1v) is 8.83. The Balaban J connectivity index is 2.13. The fourth-order valence-corrected chi connectivity index (χ4v) is 2.55. The summed E-state index contributed by atoms with van der Waals surface area (Å²) in [5.41, 5.74) is 1.61. The van der Waals surface area contributed by atoms with Crippen molar-refractivity contribution in [2.75, 3.05) is 11.9 Å². The monoisotopic (exact) mass is 375 g/mol. The number of carbonyl (C=O) groups excluding carboxylic acids is 2. The molecule has 0 aliphatic carbocycles. The molecule has 2 aromatic rings. The molecule has 6 heteroatoms. The van der Waals surface area contributed by atoms with Crippen LogP contribution in [0.2, 0.25) is 5.02 Å². The number of para-hydroxylation sites is 1. The van der Waals surface area contributed by atoms with Crippen molar-refractivity contribution in [2.24, 2.45) is 0 Å². The zero-order chi connectivity index (χ0) is 19.1. The summed E-state index contributed by atoms with van der Waals surface area (Å²) >= 11 is 6.04. The van der Waals surface area contributed by atoms with E-state index in [1.54, 1.807) is 19.1 Å². The molecule has 0 spiro atoms. The van der Waals surface area contributed by atoms with E-state index in [0.717, 1.165) is 5.56 Å². The Labute approximate surface area is 158 Å². The molecule has 138 valence electrons. The fourth-order valence-electron chi connectivity index (χ4n) is 2.36. The van der Waals surface area contributed by atoms with Gasteiger partial charge in [0.2, 0.25) is 0 Å². The van der Waals surface area contributed by atoms with Crippen molar-refractivity contribution >= 4 is 29.2 Å². The quantitative estimate of drug-likeness (QED) is 0.717. The van der Waals surface area contributed by atoms with Gasteiger partial charge in [-0.15, -0.1) is 0 Å². The molecule has 0 aromatic heterocycles. The van der Waals surface area contributed by atoms with Gasteiger partial charge in [0.15, 0.2) is 6.10 Å². The lowest BCUT2D eigenvalue weighted by Gasteiger charge is -2.19. The normalized spacial score (nSPS) is 11.5. The third kappa shape index (κ3) is 4.99. The maximum Gasteiger partial charge on any atom is 0.339 e. The van der Waals surface area contributed by atoms with Gasteiger partial charge in [-0.05, 0) is 50.1 Å². The Morgan fingerprint density at radius 2 is 1.88 bits per heavy atom. The maximum atomic E-state index is 12.6. The predicted molar refractivity (Wildman–Crippen MR) is 102 cm³/mol. The first kappa shape index (κ1) is 19.8. The second kappa shape index (κ2) is 9.25. The van der Waals surface area contributed by atoms with Gasteiger partial charge in [-0.2, -0.15) is 0 Å². The molecule has 0 aliphatic heterocycles. The number of anilines is 1. The number of nitrogens with one attached hydrogen (secondary N) is 1. The van der Waals surface area contributed by atoms with Crippen LogP contribution in [0.1, 0.15) is 36.2 Å². The number of hydrogen-bond acceptors (Lipinski definition) is 4. The van der Waals surface area contributed by atoms with E-state index in [1.165, 1.54) is 6.07 Å². The molecular formula is C20H22ClNO4. The largest absolute Gasteiger partial charge is 0.480 e. The summed E-state index contributed by atoms with van der Waals surface area (Å²) in [6.45, 7) is 5.75. The Kier molecular flexibility index (Phi) is 7.04. The molecule has 0 heterocycles. The van der Waals surface area contributed by atoms with Crippen LogP contribution >= 0.6 is 11.6 Å². The molecule has 0 bridgehead atoms. The molecule has 0 saturated heterocycles. The van der Waals surface area contributed by atoms with Crippen molar-refractivity contribution in [1.82, 2.24) is 0 Å². The fraction of sp³-hybridized carbons (Fsp3) is 0.300. The molecule has 2 aromatic carbocycles. The number of hydrogen-bond donors (Lipinski definition) is 1. The SMILES string of the molecule is CCOC(=O)c1cc(NC(=O)[C@@H](CC)Oc2ccccc2C)ccc1Cl. The summed E-state index contributed by atoms with van der Waals surface area (Å²) in [7, 11) is 0. The number of amides is 1. The Morgan fingerprint density at radius 3 is 2.54 bits per heavy atom. The van der Waals surface area contributed by atoms with Crippen LogP contribution in [0, 0.1) is 6.92 Å². The summed E-state index contributed by atoms with van der Waals surface area (Å²) in [5.74, 6) is -0.164. The number of esters is 1. The number of carbonyl (C=O) groups is 2. The van der Waals surface area contributed by atoms with Gasteiger partial charge < -0.3 is 14.8 Å². The van der Waals surface area contributed by atoms with Crippen molar-refractivity contribution in [1.29, 1.82) is 0 Å². The van der Waals surface area contributed by atoms with Gasteiger partial charge >= 0.3 is 5.97 Å². The molecule has 5 nitrogen and oxygen atoms in total. The topological polar surface area (TPSA) is 64.6 Å². The number of halogens is 1. The van der Waals surface area contributed by atoms with E-state index in [1.807, 2.05) is 38.1 Å². The number of ether oxygens (including phenoxy) is 2. The van der Waals surface area contributed by atoms with E-state index < -0.39 is 12.1 Å². The highest BCUT2D eigenvalue weighted by Crippen LogP contribution is 2.23. The molecule has 0 unspecified atom stereocenters. The van der Waals surface area contributed by atoms with Crippen LogP contribution in [0.25, 0.3) is 0 Å². The minimum atomic E-state index is -0.655. The first-order valence-electron chi connectivity index (χ1n) is 8.46. The lowest BCUT2D eigenvalue weighted by Crippen LogP contribution is -2.32. The second-order valence-corrected chi connectivity index (χ2v) is 6.09. The van der Waals surface area contributed by atoms with E-state index in [4.69, 9.17) is 21.1 Å². The van der Waals surface area contributed by atoms with E-state index in [0.29, 0.717) is 17.9 Å². The lowest BCUT2D eigenvalue weighted by molar-refractivity contribution is -0.122. The van der Waals surface area contributed by atoms with Crippen LogP contribution in [-0.4, -0.2) is 24.6 Å². The molecule has 0 saturated carbocycles. The van der Waals surface area contributed by atoms with Gasteiger partial charge in [0.25, 0.3) is 5.91 Å². The Morgan fingerprint density at radius 1 is 1.15 bits per heavy atom. The summed E-state index contributed by atoms with van der Waals surface area (Å²) < 4.78 is 10.8. The van der Waals surface area contributed by atoms with Gasteiger partial charge in [0.1, 0.15) is 5.75 Å². The van der Waals surface area contributed by atoms with Crippen LogP contribution in [0.4, 0.5) is 5.69 Å². The molecule has 0 aliphatic rings. The van der Waals surface area contributed by atoms with Crippen molar-refractivity contribution in [3.63, 3.8) is 0 Å². The van der Waals surface area contributed by atoms with E-state index in [-0.39, 0.29) is 23.1 Å². The van der Waals surface area contributed by atoms with E-state index in [2.05, 4.69) is 5.32 Å². The average molecular weight is 376 g/mol. The number of rotatable bonds is 7. The summed E-state index contributed by atoms with van der Waals surface area (Å²) in [4.78, 5) is 24.5. The van der Waals surface area contributed by atoms with E-state index >= 15 is 0 Å². The molecule has 0 radical (unpaired) electrons. The third-order valence-electron chi connectivity index (χ3n) is 3.76. The zero-order valence-corrected chi connectivity index (χ0v) is 15.8. The highest BCUT2D eigenvalue weighted by atomic mass is 35.5. The Hall–Kier alpha value is -2.53. The molecule has 1 amide bonds. The van der Waals surface area contributed by atoms with Crippen LogP contribution in [-0.2, 0) is 9.53 Å². The highest BCUT2D eigenvalue weighted by Gasteiger charge is 2.20. The third-order valence-corrected chi connectivity index (χ3v) is 4.08. The molecule has 26 heavy (non-hydrogen) atoms. The van der Waals surface area contributed by atoms with Crippen LogP contribution < -0.4 is 10.1 Å². The van der Waals surface area contributed by atoms with Gasteiger partial charge in [-0.1, -0.05) is 36.7 Å². The zero-order valence-electron chi connectivity index (χ0n) is 15.0. The number of benzene rings is 2. The average Bonchev–Trinajstić information content (AvgIpc) is 2.62. The van der Waals surface area contributed by atoms with Crippen molar-refractivity contribution < 1.29 is 19.1 Å². The number of aryl methyl sites for hydroxylation is 1. The summed E-state index contributed by atoms with van der Waals surface area (Å²) in [5, 5.41) is 3.04. The maximum absolute atomic E-state index is 12.6. The van der Waals surface area contributed by atoms with Crippen LogP contribution in [0.5, 0.6) is 5.75 Å². The standard InChI is InChI=1S/C20H22ClNO4/c1-4-17(26-18-9-7-6-8-13(18)3)19(23)22-14-10-11-16(21)15(12-14)20(24)25-5-2/h6-12,17H,4-5H2,1-3H3,(H,22,23)/t17-/m1/s1. The van der Waals surface area contributed by atoms with Crippen LogP contribution in [0.3, 0.4) is 0 Å². The molecule has 2 rings (SSSR count). The molecule has 1 atom stereocenters. The predicted octanol–water partition coefficient (Wildman–Crippen LogP) is 4.62. The smallest absolute Gasteiger partial charge is 0.339 e.